The molecule has 1 aromatic carbocycles. The number of hydrogen-bond donors (Lipinski definition) is 1. The number of nitrogens with zero attached hydrogens (tertiary/aromatic N) is 2. The summed E-state index contributed by atoms with van der Waals surface area (Å²) >= 11 is 0. The Morgan fingerprint density at radius 3 is 2.76 bits per heavy atom. The van der Waals surface area contributed by atoms with Crippen LogP contribution in [0.4, 0.5) is 4.39 Å². The minimum Gasteiger partial charge on any atom is -0.494 e. The lowest BCUT2D eigenvalue weighted by molar-refractivity contribution is -0.145. The third kappa shape index (κ3) is 4.46. The Morgan fingerprint density at radius 1 is 1.40 bits per heavy atom. The van der Waals surface area contributed by atoms with Crippen LogP contribution in [0.25, 0.3) is 0 Å². The number of methoxy groups -OCH3 is 1. The fourth-order valence-corrected chi connectivity index (χ4v) is 2.79. The predicted octanol–water partition coefficient (Wildman–Crippen LogP) is 1.23. The van der Waals surface area contributed by atoms with E-state index < -0.39 is 23.6 Å². The summed E-state index contributed by atoms with van der Waals surface area (Å²) < 4.78 is 18.3. The van der Waals surface area contributed by atoms with Crippen LogP contribution >= 0.6 is 0 Å². The van der Waals surface area contributed by atoms with Crippen LogP contribution in [0.3, 0.4) is 0 Å². The van der Waals surface area contributed by atoms with Crippen molar-refractivity contribution in [2.24, 2.45) is 5.92 Å². The highest BCUT2D eigenvalue weighted by atomic mass is 19.1. The first-order chi connectivity index (χ1) is 11.8. The molecule has 1 unspecified atom stereocenters. The summed E-state index contributed by atoms with van der Waals surface area (Å²) in [6.45, 7) is 0.459. The molecule has 1 fully saturated rings. The molecule has 1 saturated heterocycles. The summed E-state index contributed by atoms with van der Waals surface area (Å²) in [6.07, 6.45) is 1.17. The second-order valence-corrected chi connectivity index (χ2v) is 6.03. The zero-order chi connectivity index (χ0) is 18.6. The van der Waals surface area contributed by atoms with E-state index in [2.05, 4.69) is 0 Å². The van der Waals surface area contributed by atoms with E-state index in [9.17, 15) is 18.8 Å². The van der Waals surface area contributed by atoms with Gasteiger partial charge in [-0.3, -0.25) is 14.4 Å². The molecule has 1 atom stereocenters. The van der Waals surface area contributed by atoms with Crippen molar-refractivity contribution >= 4 is 17.8 Å². The van der Waals surface area contributed by atoms with Crippen molar-refractivity contribution < 1.29 is 28.6 Å². The number of amides is 2. The normalized spacial score (nSPS) is 17.1. The number of likely N-dealkylation sites (N-methyl/N-ethyl adjacent to an activating group) is 1. The molecule has 0 spiro atoms. The molecular weight excluding hydrogens is 331 g/mol. The van der Waals surface area contributed by atoms with Crippen molar-refractivity contribution in [1.82, 2.24) is 9.80 Å². The number of rotatable bonds is 5. The van der Waals surface area contributed by atoms with Gasteiger partial charge in [-0.15, -0.1) is 0 Å². The molecule has 0 saturated carbocycles. The molecule has 7 nitrogen and oxygen atoms in total. The third-order valence-electron chi connectivity index (χ3n) is 4.24. The predicted molar refractivity (Wildman–Crippen MR) is 86.9 cm³/mol. The molecule has 0 aromatic heterocycles. The number of carbonyl (C=O) groups is 3. The minimum absolute atomic E-state index is 0.0501. The van der Waals surface area contributed by atoms with Gasteiger partial charge in [-0.25, -0.2) is 4.39 Å². The summed E-state index contributed by atoms with van der Waals surface area (Å²) in [5.74, 6) is -2.87. The first kappa shape index (κ1) is 18.7. The topological polar surface area (TPSA) is 87.2 Å². The molecule has 136 valence electrons. The van der Waals surface area contributed by atoms with E-state index in [1.165, 1.54) is 36.1 Å². The quantitative estimate of drug-likeness (QED) is 0.861. The van der Waals surface area contributed by atoms with Crippen molar-refractivity contribution in [2.45, 2.75) is 12.8 Å². The van der Waals surface area contributed by atoms with Crippen LogP contribution in [-0.2, 0) is 9.59 Å². The number of carbonyl (C=O) groups excluding carboxylic acids is 2. The van der Waals surface area contributed by atoms with Crippen molar-refractivity contribution in [3.63, 3.8) is 0 Å². The van der Waals surface area contributed by atoms with Gasteiger partial charge in [-0.05, 0) is 31.0 Å². The molecule has 2 amide bonds. The van der Waals surface area contributed by atoms with Crippen LogP contribution in [0, 0.1) is 11.7 Å². The molecular formula is C17H21FN2O5. The van der Waals surface area contributed by atoms with E-state index in [-0.39, 0.29) is 30.3 Å². The number of halogens is 1. The Bertz CT molecular complexity index is 679. The summed E-state index contributed by atoms with van der Waals surface area (Å²) in [5.41, 5.74) is 0.204. The van der Waals surface area contributed by atoms with E-state index in [1.807, 2.05) is 0 Å². The molecule has 1 N–H and O–H groups in total. The van der Waals surface area contributed by atoms with Crippen LogP contribution in [-0.4, -0.2) is 66.5 Å². The maximum Gasteiger partial charge on any atom is 0.308 e. The van der Waals surface area contributed by atoms with Gasteiger partial charge in [0.15, 0.2) is 11.6 Å². The molecule has 25 heavy (non-hydrogen) atoms. The summed E-state index contributed by atoms with van der Waals surface area (Å²) in [4.78, 5) is 38.5. The van der Waals surface area contributed by atoms with Crippen molar-refractivity contribution in [2.75, 3.05) is 33.8 Å². The van der Waals surface area contributed by atoms with E-state index in [0.29, 0.717) is 19.4 Å². The van der Waals surface area contributed by atoms with Crippen molar-refractivity contribution in [3.05, 3.63) is 29.6 Å². The number of hydrogen-bond acceptors (Lipinski definition) is 4. The Hall–Kier alpha value is -2.64. The van der Waals surface area contributed by atoms with Gasteiger partial charge in [-0.1, -0.05) is 0 Å². The highest BCUT2D eigenvalue weighted by molar-refractivity contribution is 5.96. The maximum atomic E-state index is 13.4. The molecule has 2 rings (SSSR count). The number of likely N-dealkylation sites (tertiary alicyclic amines) is 1. The lowest BCUT2D eigenvalue weighted by Gasteiger charge is -2.32. The average molecular weight is 352 g/mol. The first-order valence-corrected chi connectivity index (χ1v) is 7.93. The zero-order valence-corrected chi connectivity index (χ0v) is 14.2. The van der Waals surface area contributed by atoms with Gasteiger partial charge in [0.05, 0.1) is 19.6 Å². The van der Waals surface area contributed by atoms with Gasteiger partial charge in [0.1, 0.15) is 0 Å². The number of carboxylic acids is 1. The van der Waals surface area contributed by atoms with E-state index in [4.69, 9.17) is 9.84 Å². The van der Waals surface area contributed by atoms with Crippen molar-refractivity contribution in [1.29, 1.82) is 0 Å². The first-order valence-electron chi connectivity index (χ1n) is 7.93. The smallest absolute Gasteiger partial charge is 0.308 e. The number of benzene rings is 1. The Balaban J connectivity index is 2.00. The van der Waals surface area contributed by atoms with Crippen molar-refractivity contribution in [3.8, 4) is 5.75 Å². The van der Waals surface area contributed by atoms with Crippen LogP contribution in [0.15, 0.2) is 18.2 Å². The fourth-order valence-electron chi connectivity index (χ4n) is 2.79. The number of piperidine rings is 1. The summed E-state index contributed by atoms with van der Waals surface area (Å²) in [7, 11) is 2.77. The van der Waals surface area contributed by atoms with Gasteiger partial charge in [0, 0.05) is 25.7 Å². The second-order valence-electron chi connectivity index (χ2n) is 6.03. The molecule has 1 aliphatic heterocycles. The number of aliphatic carboxylic acids is 1. The fraction of sp³-hybridized carbons (Fsp3) is 0.471. The molecule has 8 heteroatoms. The molecule has 1 heterocycles. The average Bonchev–Trinajstić information content (AvgIpc) is 2.61. The third-order valence-corrected chi connectivity index (χ3v) is 4.24. The van der Waals surface area contributed by atoms with E-state index in [1.54, 1.807) is 0 Å². The highest BCUT2D eigenvalue weighted by Crippen LogP contribution is 2.20. The molecule has 0 aliphatic carbocycles. The molecule has 1 aromatic rings. The van der Waals surface area contributed by atoms with E-state index in [0.717, 1.165) is 6.07 Å². The summed E-state index contributed by atoms with van der Waals surface area (Å²) in [5, 5.41) is 9.08. The van der Waals surface area contributed by atoms with Gasteiger partial charge in [0.2, 0.25) is 5.91 Å². The van der Waals surface area contributed by atoms with Gasteiger partial charge in [0.25, 0.3) is 5.91 Å². The van der Waals surface area contributed by atoms with Gasteiger partial charge in [-0.2, -0.15) is 0 Å². The highest BCUT2D eigenvalue weighted by Gasteiger charge is 2.29. The molecule has 0 bridgehead atoms. The van der Waals surface area contributed by atoms with Gasteiger partial charge < -0.3 is 19.6 Å². The Labute approximate surface area is 145 Å². The zero-order valence-electron chi connectivity index (χ0n) is 14.2. The molecule has 0 radical (unpaired) electrons. The largest absolute Gasteiger partial charge is 0.494 e. The number of ether oxygens (including phenoxy) is 1. The van der Waals surface area contributed by atoms with Crippen LogP contribution in [0.1, 0.15) is 23.2 Å². The standard InChI is InChI=1S/C17H21FN2O5/c1-19(16(22)11-5-6-13(18)14(8-11)25-2)10-15(21)20-7-3-4-12(9-20)17(23)24/h5-6,8,12H,3-4,7,9-10H2,1-2H3,(H,23,24). The van der Waals surface area contributed by atoms with Gasteiger partial charge >= 0.3 is 5.97 Å². The van der Waals surface area contributed by atoms with E-state index >= 15 is 0 Å². The SMILES string of the molecule is COc1cc(C(=O)N(C)CC(=O)N2CCCC(C(=O)O)C2)ccc1F. The lowest BCUT2D eigenvalue weighted by Crippen LogP contribution is -2.46. The maximum absolute atomic E-state index is 13.4. The Morgan fingerprint density at radius 2 is 2.12 bits per heavy atom. The minimum atomic E-state index is -0.916. The van der Waals surface area contributed by atoms with Crippen LogP contribution < -0.4 is 4.74 Å². The number of carboxylic acid groups (broad SMARTS) is 1. The lowest BCUT2D eigenvalue weighted by atomic mass is 9.98. The van der Waals surface area contributed by atoms with Crippen LogP contribution in [0.5, 0.6) is 5.75 Å². The second kappa shape index (κ2) is 7.96. The summed E-state index contributed by atoms with van der Waals surface area (Å²) in [6, 6.07) is 3.73. The van der Waals surface area contributed by atoms with Crippen LogP contribution in [0.2, 0.25) is 0 Å². The monoisotopic (exact) mass is 352 g/mol. The molecule has 1 aliphatic rings. The Kier molecular flexibility index (Phi) is 5.95.